The molecule has 2 rings (SSSR count). The lowest BCUT2D eigenvalue weighted by molar-refractivity contribution is 0.0431. The van der Waals surface area contributed by atoms with E-state index in [2.05, 4.69) is 32.7 Å². The van der Waals surface area contributed by atoms with Gasteiger partial charge in [0.15, 0.2) is 5.65 Å². The molecule has 0 bridgehead atoms. The molecule has 0 saturated heterocycles. The second-order valence-corrected chi connectivity index (χ2v) is 8.43. The Kier molecular flexibility index (Phi) is 5.26. The molecule has 0 spiro atoms. The zero-order chi connectivity index (χ0) is 19.0. The van der Waals surface area contributed by atoms with Crippen molar-refractivity contribution in [3.63, 3.8) is 0 Å². The third-order valence-electron chi connectivity index (χ3n) is 2.73. The van der Waals surface area contributed by atoms with Crippen molar-refractivity contribution >= 4 is 46.1 Å². The zero-order valence-corrected chi connectivity index (χ0v) is 17.2. The van der Waals surface area contributed by atoms with Crippen molar-refractivity contribution in [2.75, 3.05) is 4.90 Å². The standard InChI is InChI=1S/C16H21IN4O4/c1-15(2,3)24-13(22)20(14(23)25-16(4,5)6)10-7-8-19-21-11(17)9-18-12(10)21/h7-9H,1-6H3. The Hall–Kier alpha value is -1.91. The molecule has 0 atom stereocenters. The monoisotopic (exact) mass is 460 g/mol. The summed E-state index contributed by atoms with van der Waals surface area (Å²) in [5.41, 5.74) is -0.959. The number of hydrogen-bond donors (Lipinski definition) is 0. The molecule has 0 fully saturated rings. The summed E-state index contributed by atoms with van der Waals surface area (Å²) in [6, 6.07) is 1.52. The number of rotatable bonds is 1. The fourth-order valence-corrected chi connectivity index (χ4v) is 2.41. The molecule has 2 aromatic rings. The summed E-state index contributed by atoms with van der Waals surface area (Å²) in [5, 5.41) is 4.17. The van der Waals surface area contributed by atoms with Gasteiger partial charge in [-0.2, -0.15) is 10.00 Å². The number of fused-ring (bicyclic) bond motifs is 1. The van der Waals surface area contributed by atoms with E-state index in [1.165, 1.54) is 16.8 Å². The maximum absolute atomic E-state index is 12.7. The summed E-state index contributed by atoms with van der Waals surface area (Å²) in [4.78, 5) is 30.4. The zero-order valence-electron chi connectivity index (χ0n) is 15.0. The first-order valence-corrected chi connectivity index (χ1v) is 8.71. The van der Waals surface area contributed by atoms with Crippen molar-refractivity contribution in [1.29, 1.82) is 0 Å². The highest BCUT2D eigenvalue weighted by Gasteiger charge is 2.34. The van der Waals surface area contributed by atoms with Crippen LogP contribution in [0.4, 0.5) is 15.3 Å². The quantitative estimate of drug-likeness (QED) is 0.598. The van der Waals surface area contributed by atoms with Gasteiger partial charge in [-0.1, -0.05) is 0 Å². The summed E-state index contributed by atoms with van der Waals surface area (Å²) < 4.78 is 13.0. The summed E-state index contributed by atoms with van der Waals surface area (Å²) in [6.45, 7) is 10.3. The lowest BCUT2D eigenvalue weighted by Crippen LogP contribution is -2.44. The van der Waals surface area contributed by atoms with Crippen molar-refractivity contribution in [2.24, 2.45) is 0 Å². The molecule has 0 saturated carbocycles. The van der Waals surface area contributed by atoms with Crippen molar-refractivity contribution in [3.8, 4) is 0 Å². The van der Waals surface area contributed by atoms with E-state index in [4.69, 9.17) is 9.47 Å². The van der Waals surface area contributed by atoms with Crippen LogP contribution in [0.15, 0.2) is 18.5 Å². The largest absolute Gasteiger partial charge is 0.443 e. The van der Waals surface area contributed by atoms with E-state index < -0.39 is 23.4 Å². The molecule has 2 amide bonds. The van der Waals surface area contributed by atoms with Gasteiger partial charge in [-0.05, 0) is 70.2 Å². The number of nitrogens with zero attached hydrogens (tertiary/aromatic N) is 4. The fourth-order valence-electron chi connectivity index (χ4n) is 1.92. The number of ether oxygens (including phenoxy) is 2. The highest BCUT2D eigenvalue weighted by atomic mass is 127. The molecule has 2 aromatic heterocycles. The first-order valence-electron chi connectivity index (χ1n) is 7.63. The van der Waals surface area contributed by atoms with Crippen LogP contribution >= 0.6 is 22.6 Å². The Bertz CT molecular complexity index is 777. The Labute approximate surface area is 159 Å². The minimum atomic E-state index is -0.840. The first kappa shape index (κ1) is 19.4. The van der Waals surface area contributed by atoms with Crippen molar-refractivity contribution in [3.05, 3.63) is 22.2 Å². The van der Waals surface area contributed by atoms with Gasteiger partial charge in [-0.15, -0.1) is 0 Å². The molecule has 0 unspecified atom stereocenters. The molecule has 0 aliphatic rings. The van der Waals surface area contributed by atoms with E-state index in [0.29, 0.717) is 5.65 Å². The molecule has 0 radical (unpaired) electrons. The van der Waals surface area contributed by atoms with Gasteiger partial charge in [0.05, 0.1) is 12.4 Å². The number of imide groups is 1. The normalized spacial score (nSPS) is 12.1. The Morgan fingerprint density at radius 2 is 1.60 bits per heavy atom. The Morgan fingerprint density at radius 3 is 2.08 bits per heavy atom. The molecule has 8 nitrogen and oxygen atoms in total. The van der Waals surface area contributed by atoms with E-state index in [9.17, 15) is 9.59 Å². The fraction of sp³-hybridized carbons (Fsp3) is 0.500. The van der Waals surface area contributed by atoms with Gasteiger partial charge in [0.25, 0.3) is 0 Å². The van der Waals surface area contributed by atoms with Gasteiger partial charge in [0.2, 0.25) is 0 Å². The van der Waals surface area contributed by atoms with E-state index >= 15 is 0 Å². The molecule has 136 valence electrons. The molecule has 0 aliphatic carbocycles. The number of aromatic nitrogens is 3. The van der Waals surface area contributed by atoms with Gasteiger partial charge in [-0.25, -0.2) is 19.1 Å². The van der Waals surface area contributed by atoms with E-state index in [1.54, 1.807) is 47.7 Å². The highest BCUT2D eigenvalue weighted by molar-refractivity contribution is 14.1. The van der Waals surface area contributed by atoms with Gasteiger partial charge < -0.3 is 9.47 Å². The smallest absolute Gasteiger partial charge is 0.424 e. The summed E-state index contributed by atoms with van der Waals surface area (Å²) in [5.74, 6) is 0. The minimum Gasteiger partial charge on any atom is -0.443 e. The molecule has 25 heavy (non-hydrogen) atoms. The van der Waals surface area contributed by atoms with Crippen LogP contribution in [-0.4, -0.2) is 38.0 Å². The van der Waals surface area contributed by atoms with Crippen LogP contribution in [0.3, 0.4) is 0 Å². The summed E-state index contributed by atoms with van der Waals surface area (Å²) >= 11 is 2.06. The molecule has 0 aromatic carbocycles. The lowest BCUT2D eigenvalue weighted by Gasteiger charge is -2.28. The molecule has 0 aliphatic heterocycles. The van der Waals surface area contributed by atoms with Gasteiger partial charge in [0.1, 0.15) is 20.6 Å². The third-order valence-corrected chi connectivity index (χ3v) is 3.47. The molecule has 9 heteroatoms. The number of anilines is 1. The predicted octanol–water partition coefficient (Wildman–Crippen LogP) is 4.01. The predicted molar refractivity (Wildman–Crippen MR) is 101 cm³/mol. The second-order valence-electron chi connectivity index (χ2n) is 7.33. The molecule has 2 heterocycles. The Morgan fingerprint density at radius 1 is 1.08 bits per heavy atom. The van der Waals surface area contributed by atoms with Gasteiger partial charge >= 0.3 is 12.2 Å². The average Bonchev–Trinajstić information content (AvgIpc) is 2.77. The molecular weight excluding hydrogens is 439 g/mol. The Balaban J connectivity index is 2.53. The maximum Gasteiger partial charge on any atom is 0.424 e. The second kappa shape index (κ2) is 6.77. The van der Waals surface area contributed by atoms with Gasteiger partial charge in [-0.3, -0.25) is 0 Å². The summed E-state index contributed by atoms with van der Waals surface area (Å²) in [6.07, 6.45) is 1.39. The highest BCUT2D eigenvalue weighted by Crippen LogP contribution is 2.25. The summed E-state index contributed by atoms with van der Waals surface area (Å²) in [7, 11) is 0. The van der Waals surface area contributed by atoms with Crippen LogP contribution in [0.5, 0.6) is 0 Å². The number of carbonyl (C=O) groups is 2. The van der Waals surface area contributed by atoms with E-state index in [0.717, 1.165) is 8.60 Å². The van der Waals surface area contributed by atoms with Crippen LogP contribution in [0, 0.1) is 3.70 Å². The molecule has 0 N–H and O–H groups in total. The number of halogens is 1. The first-order chi connectivity index (χ1) is 11.4. The van der Waals surface area contributed by atoms with E-state index in [-0.39, 0.29) is 5.69 Å². The van der Waals surface area contributed by atoms with Crippen LogP contribution in [0.2, 0.25) is 0 Å². The van der Waals surface area contributed by atoms with Crippen LogP contribution < -0.4 is 4.90 Å². The number of hydrogen-bond acceptors (Lipinski definition) is 6. The van der Waals surface area contributed by atoms with Crippen LogP contribution in [0.1, 0.15) is 41.5 Å². The van der Waals surface area contributed by atoms with E-state index in [1.807, 2.05) is 0 Å². The number of carbonyl (C=O) groups excluding carboxylic acids is 2. The minimum absolute atomic E-state index is 0.237. The number of amides is 2. The SMILES string of the molecule is CC(C)(C)OC(=O)N(C(=O)OC(C)(C)C)c1ccnn2c(I)cnc12. The topological polar surface area (TPSA) is 86.0 Å². The molecular formula is C16H21IN4O4. The van der Waals surface area contributed by atoms with Crippen LogP contribution in [-0.2, 0) is 9.47 Å². The number of imidazole rings is 1. The van der Waals surface area contributed by atoms with Crippen molar-refractivity contribution in [2.45, 2.75) is 52.7 Å². The maximum atomic E-state index is 12.7. The average molecular weight is 460 g/mol. The van der Waals surface area contributed by atoms with Crippen molar-refractivity contribution in [1.82, 2.24) is 14.6 Å². The van der Waals surface area contributed by atoms with Crippen molar-refractivity contribution < 1.29 is 19.1 Å². The van der Waals surface area contributed by atoms with Crippen LogP contribution in [0.25, 0.3) is 5.65 Å². The lowest BCUT2D eigenvalue weighted by atomic mass is 10.2. The van der Waals surface area contributed by atoms with Gasteiger partial charge in [0, 0.05) is 0 Å². The third kappa shape index (κ3) is 4.80.